The Labute approximate surface area is 774 Å². The minimum Gasteiger partial charge on any atom is -0.264 e. The largest absolute Gasteiger partial charge is 0.264 e. The second-order valence-corrected chi connectivity index (χ2v) is 25.2. The van der Waals surface area contributed by atoms with Gasteiger partial charge in [-0.25, -0.2) is 9.97 Å². The van der Waals surface area contributed by atoms with Crippen molar-refractivity contribution >= 4 is 109 Å². The number of hydrogen-bond acceptors (Lipinski definition) is 20. The monoisotopic (exact) mass is 1740 g/mol. The lowest BCUT2D eigenvalue weighted by Crippen LogP contribution is -1.85. The molecule has 0 aliphatic carbocycles. The van der Waals surface area contributed by atoms with Crippen molar-refractivity contribution in [2.75, 3.05) is 0 Å². The summed E-state index contributed by atoms with van der Waals surface area (Å²) >= 11 is 0. The highest BCUT2D eigenvalue weighted by atomic mass is 14.8. The van der Waals surface area contributed by atoms with Crippen molar-refractivity contribution in [3.8, 4) is 0 Å². The van der Waals surface area contributed by atoms with Gasteiger partial charge in [0.25, 0.3) is 0 Å². The first kappa shape index (κ1) is 114. The average molecular weight is 1740 g/mol. The van der Waals surface area contributed by atoms with Crippen LogP contribution in [0.25, 0.3) is 109 Å². The van der Waals surface area contributed by atoms with Crippen molar-refractivity contribution in [3.63, 3.8) is 0 Å². The predicted octanol–water partition coefficient (Wildman–Crippen LogP) is 29.6. The van der Waals surface area contributed by atoms with Crippen molar-refractivity contribution in [1.82, 2.24) is 99.7 Å². The van der Waals surface area contributed by atoms with Crippen LogP contribution in [0.15, 0.2) is 307 Å². The maximum absolute atomic E-state index is 4.24. The number of hydrogen-bond donors (Lipinski definition) is 0. The molecule has 0 unspecified atom stereocenters. The number of pyridine rings is 18. The van der Waals surface area contributed by atoms with Crippen LogP contribution in [0, 0.1) is 69.2 Å². The van der Waals surface area contributed by atoms with Crippen LogP contribution >= 0.6 is 0 Å². The average Bonchev–Trinajstić information content (AvgIpc) is 0.839. The maximum Gasteiger partial charge on any atom is 0.116 e. The molecule has 19 aromatic heterocycles. The normalized spacial score (nSPS) is 9.15. The summed E-state index contributed by atoms with van der Waals surface area (Å²) in [6.45, 7) is 60.1. The van der Waals surface area contributed by atoms with E-state index in [4.69, 9.17) is 0 Å². The maximum atomic E-state index is 4.24. The fourth-order valence-electron chi connectivity index (χ4n) is 11.3. The Bertz CT molecular complexity index is 5380. The molecule has 0 bridgehead atoms. The molecule has 20 nitrogen and oxygen atoms in total. The van der Waals surface area contributed by atoms with E-state index in [-0.39, 0.29) is 0 Å². The van der Waals surface area contributed by atoms with Crippen LogP contribution in [0.5, 0.6) is 0 Å². The number of para-hydroxylation sites is 1. The molecule has 680 valence electrons. The van der Waals surface area contributed by atoms with E-state index in [0.717, 1.165) is 121 Å². The lowest BCUT2D eigenvalue weighted by molar-refractivity contribution is 1.15. The van der Waals surface area contributed by atoms with Crippen LogP contribution in [-0.2, 0) is 0 Å². The van der Waals surface area contributed by atoms with Crippen LogP contribution < -0.4 is 0 Å². The van der Waals surface area contributed by atoms with Gasteiger partial charge in [0, 0.05) is 219 Å². The first-order valence-corrected chi connectivity index (χ1v) is 45.3. The minimum atomic E-state index is 0.957. The molecule has 0 amide bonds. The molecule has 20 heteroatoms. The lowest BCUT2D eigenvalue weighted by Gasteiger charge is -1.97. The Hall–Kier alpha value is -14.4. The second-order valence-electron chi connectivity index (χ2n) is 25.2. The third-order valence-corrected chi connectivity index (χ3v) is 17.0. The summed E-state index contributed by atoms with van der Waals surface area (Å²) in [7, 11) is 0. The third kappa shape index (κ3) is 38.8. The zero-order valence-electron chi connectivity index (χ0n) is 82.8. The van der Waals surface area contributed by atoms with Gasteiger partial charge in [0.05, 0.1) is 62.2 Å². The number of aryl methyl sites for hydroxylation is 10. The van der Waals surface area contributed by atoms with E-state index in [2.05, 4.69) is 125 Å². The van der Waals surface area contributed by atoms with E-state index in [1.807, 2.05) is 396 Å². The van der Waals surface area contributed by atoms with Gasteiger partial charge in [-0.1, -0.05) is 169 Å². The second kappa shape index (κ2) is 69.8. The molecule has 0 saturated heterocycles. The Balaban J connectivity index is 0.000000706. The zero-order valence-corrected chi connectivity index (χ0v) is 82.8. The summed E-state index contributed by atoms with van der Waals surface area (Å²) in [6, 6.07) is 47.7. The van der Waals surface area contributed by atoms with Crippen molar-refractivity contribution in [1.29, 1.82) is 0 Å². The summed E-state index contributed by atoms with van der Waals surface area (Å²) in [5.74, 6) is 0. The summed E-state index contributed by atoms with van der Waals surface area (Å²) < 4.78 is 0. The molecular formula is C110H140N20. The summed E-state index contributed by atoms with van der Waals surface area (Å²) in [4.78, 5) is 82.5. The number of benzene rings is 1. The first-order chi connectivity index (χ1) is 63.7. The van der Waals surface area contributed by atoms with E-state index in [9.17, 15) is 0 Å². The Morgan fingerprint density at radius 2 is 0.538 bits per heavy atom. The quantitative estimate of drug-likeness (QED) is 0.137. The van der Waals surface area contributed by atoms with E-state index >= 15 is 0 Å². The van der Waals surface area contributed by atoms with Gasteiger partial charge >= 0.3 is 0 Å². The molecule has 0 fully saturated rings. The molecule has 130 heavy (non-hydrogen) atoms. The number of nitrogens with zero attached hydrogens (tertiary/aromatic N) is 20. The van der Waals surface area contributed by atoms with Crippen LogP contribution in [0.3, 0.4) is 0 Å². The van der Waals surface area contributed by atoms with Crippen molar-refractivity contribution < 1.29 is 0 Å². The molecule has 0 radical (unpaired) electrons. The Morgan fingerprint density at radius 1 is 0.162 bits per heavy atom. The lowest BCUT2D eigenvalue weighted by atomic mass is 10.1. The highest BCUT2D eigenvalue weighted by molar-refractivity contribution is 5.87. The molecule has 20 rings (SSSR count). The van der Waals surface area contributed by atoms with Gasteiger partial charge < -0.3 is 0 Å². The van der Waals surface area contributed by atoms with Crippen molar-refractivity contribution in [2.45, 2.75) is 208 Å². The highest BCUT2D eigenvalue weighted by Gasteiger charge is 2.03. The van der Waals surface area contributed by atoms with Gasteiger partial charge in [-0.05, 0) is 223 Å². The zero-order chi connectivity index (χ0) is 96.8. The third-order valence-electron chi connectivity index (χ3n) is 17.0. The summed E-state index contributed by atoms with van der Waals surface area (Å²) in [5.41, 5.74) is 18.9. The molecule has 0 atom stereocenters. The van der Waals surface area contributed by atoms with Crippen LogP contribution in [-0.4, -0.2) is 99.7 Å². The first-order valence-electron chi connectivity index (χ1n) is 45.3. The topological polar surface area (TPSA) is 258 Å². The van der Waals surface area contributed by atoms with E-state index in [0.29, 0.717) is 0 Å². The van der Waals surface area contributed by atoms with Gasteiger partial charge in [-0.2, -0.15) is 0 Å². The predicted molar refractivity (Wildman–Crippen MR) is 556 cm³/mol. The molecule has 20 aromatic rings. The molecule has 0 aliphatic rings. The molecule has 0 saturated carbocycles. The fourth-order valence-corrected chi connectivity index (χ4v) is 11.3. The van der Waals surface area contributed by atoms with Crippen molar-refractivity contribution in [2.24, 2.45) is 0 Å². The smallest absolute Gasteiger partial charge is 0.116 e. The van der Waals surface area contributed by atoms with Crippen molar-refractivity contribution in [3.05, 3.63) is 363 Å². The minimum absolute atomic E-state index is 0.957. The van der Waals surface area contributed by atoms with E-state index in [1.54, 1.807) is 93.1 Å². The fraction of sp³-hybridized carbons (Fsp3) is 0.273. The summed E-state index contributed by atoms with van der Waals surface area (Å²) in [6.07, 6.45) is 46.9. The molecular weight excluding hydrogens is 1600 g/mol. The highest BCUT2D eigenvalue weighted by Crippen LogP contribution is 2.20. The summed E-state index contributed by atoms with van der Waals surface area (Å²) in [5, 5.41) is 13.9. The van der Waals surface area contributed by atoms with E-state index in [1.165, 1.54) is 43.8 Å². The molecule has 19 heterocycles. The van der Waals surface area contributed by atoms with Gasteiger partial charge in [0.15, 0.2) is 0 Å². The molecule has 1 aromatic carbocycles. The Morgan fingerprint density at radius 3 is 1.14 bits per heavy atom. The van der Waals surface area contributed by atoms with Gasteiger partial charge in [0.2, 0.25) is 0 Å². The number of aromatic nitrogens is 20. The number of fused-ring (bicyclic) bond motifs is 10. The molecule has 0 N–H and O–H groups in total. The van der Waals surface area contributed by atoms with Crippen LogP contribution in [0.2, 0.25) is 0 Å². The van der Waals surface area contributed by atoms with E-state index < -0.39 is 0 Å². The Kier molecular flexibility index (Phi) is 61.0. The molecule has 0 spiro atoms. The van der Waals surface area contributed by atoms with Gasteiger partial charge in [0.1, 0.15) is 6.33 Å². The van der Waals surface area contributed by atoms with Crippen LogP contribution in [0.4, 0.5) is 0 Å². The molecule has 0 aliphatic heterocycles. The SMILES string of the molecule is CC.CC.CC.CC.CC.CC.CC.CC.CC.CC.Cc1cnc2cccnc2c1.Cc1cnc2ccncc2c1.Cc1cnc2cnccc2c1.Cc1cncc2cnccc12.Cc1cncc2ncccc12.Cc1nccc2cccnc12.Cc1nccc2ccncc12.Cc1nccc2cnccc12.Cc1nccc2ncccc12.Cc1ncnc2ccccc12. The number of rotatable bonds is 0. The standard InChI is InChI=1S/10C9H8N2.10C2H6/c1-7-9-3-4-10-6-8(9)2-5-11-7;1-7-9-6-10-4-2-8(9)3-5-11-7;1-7-4-11-6-8-5-10-3-2-9(7)8;1-7-4-8-6-10-3-2-9(8)11-5-7;1-7-4-8-2-3-10-6-9(8)11-5-7;1-7-8-3-2-5-11-9(8)4-6-10-7;1-7-9-8(4-6-10-7)3-2-5-11-9;1-7-5-10-6-9-8(7)3-2-4-11-9;1-7-5-9-8(11-6-7)3-2-4-10-9;1-7-8-4-2-3-5-9(8)11-6-10-7;10*1-2/h10*2-6H,1H3;10*1-2H3. The van der Waals surface area contributed by atoms with Gasteiger partial charge in [-0.15, -0.1) is 0 Å². The van der Waals surface area contributed by atoms with Gasteiger partial charge in [-0.3, -0.25) is 89.7 Å². The van der Waals surface area contributed by atoms with Crippen LogP contribution in [0.1, 0.15) is 195 Å².